The van der Waals surface area contributed by atoms with E-state index in [1.54, 1.807) is 19.5 Å². The maximum atomic E-state index is 13.3. The van der Waals surface area contributed by atoms with E-state index in [-0.39, 0.29) is 11.8 Å². The summed E-state index contributed by atoms with van der Waals surface area (Å²) in [5, 5.41) is 1.91. The zero-order valence-corrected chi connectivity index (χ0v) is 18.0. The van der Waals surface area contributed by atoms with Crippen LogP contribution in [0.25, 0.3) is 10.8 Å². The fraction of sp³-hybridized carbons (Fsp3) is 0.269. The average molecular weight is 428 g/mol. The number of likely N-dealkylation sites (tertiary alicyclic amines) is 1. The minimum Gasteiger partial charge on any atom is -0.496 e. The molecule has 5 rings (SSSR count). The van der Waals surface area contributed by atoms with E-state index in [2.05, 4.69) is 9.97 Å². The quantitative estimate of drug-likeness (QED) is 0.456. The topological polar surface area (TPSA) is 68.5 Å². The summed E-state index contributed by atoms with van der Waals surface area (Å²) in [5.74, 6) is 2.37. The molecule has 2 aromatic carbocycles. The van der Waals surface area contributed by atoms with Gasteiger partial charge in [0, 0.05) is 36.7 Å². The number of nitrogens with zero attached hydrogens (tertiary/aromatic N) is 3. The van der Waals surface area contributed by atoms with Crippen LogP contribution in [0.15, 0.2) is 71.4 Å². The molecular weight excluding hydrogens is 402 g/mol. The molecule has 0 aliphatic carbocycles. The lowest BCUT2D eigenvalue weighted by Gasteiger charge is -2.31. The molecule has 1 saturated heterocycles. The van der Waals surface area contributed by atoms with Crippen molar-refractivity contribution in [2.24, 2.45) is 0 Å². The number of oxazole rings is 1. The molecule has 32 heavy (non-hydrogen) atoms. The van der Waals surface area contributed by atoms with Crippen molar-refractivity contribution in [3.63, 3.8) is 0 Å². The Morgan fingerprint density at radius 2 is 1.97 bits per heavy atom. The Labute approximate surface area is 186 Å². The van der Waals surface area contributed by atoms with Gasteiger partial charge in [0.2, 0.25) is 0 Å². The Balaban J connectivity index is 1.33. The van der Waals surface area contributed by atoms with Gasteiger partial charge in [-0.15, -0.1) is 0 Å². The number of hydrogen-bond donors (Lipinski definition) is 0. The van der Waals surface area contributed by atoms with Crippen molar-refractivity contribution < 1.29 is 13.9 Å². The van der Waals surface area contributed by atoms with Crippen molar-refractivity contribution in [2.45, 2.75) is 25.2 Å². The second-order valence-electron chi connectivity index (χ2n) is 8.12. The van der Waals surface area contributed by atoms with Gasteiger partial charge in [0.15, 0.2) is 5.89 Å². The third-order valence-corrected chi connectivity index (χ3v) is 6.06. The lowest BCUT2D eigenvalue weighted by Crippen LogP contribution is -2.39. The lowest BCUT2D eigenvalue weighted by molar-refractivity contribution is 0.0694. The maximum Gasteiger partial charge on any atom is 0.273 e. The van der Waals surface area contributed by atoms with E-state index < -0.39 is 0 Å². The highest BCUT2D eigenvalue weighted by atomic mass is 16.5. The summed E-state index contributed by atoms with van der Waals surface area (Å²) in [6.07, 6.45) is 5.96. The molecule has 0 radical (unpaired) electrons. The second kappa shape index (κ2) is 8.83. The largest absolute Gasteiger partial charge is 0.496 e. The number of fused-ring (bicyclic) bond motifs is 1. The monoisotopic (exact) mass is 427 g/mol. The molecular formula is C26H25N3O3. The number of piperidine rings is 1. The summed E-state index contributed by atoms with van der Waals surface area (Å²) < 4.78 is 11.6. The van der Waals surface area contributed by atoms with Gasteiger partial charge in [0.25, 0.3) is 5.91 Å². The highest BCUT2D eigenvalue weighted by Crippen LogP contribution is 2.29. The van der Waals surface area contributed by atoms with Crippen molar-refractivity contribution in [3.05, 3.63) is 89.9 Å². The number of amides is 1. The van der Waals surface area contributed by atoms with Gasteiger partial charge < -0.3 is 14.1 Å². The molecule has 2 aromatic heterocycles. The van der Waals surface area contributed by atoms with Gasteiger partial charge in [-0.25, -0.2) is 4.98 Å². The van der Waals surface area contributed by atoms with E-state index in [9.17, 15) is 4.79 Å². The van der Waals surface area contributed by atoms with Crippen molar-refractivity contribution >= 4 is 16.7 Å². The van der Waals surface area contributed by atoms with Crippen LogP contribution in [-0.4, -0.2) is 41.0 Å². The molecule has 0 unspecified atom stereocenters. The predicted molar refractivity (Wildman–Crippen MR) is 122 cm³/mol. The van der Waals surface area contributed by atoms with E-state index in [4.69, 9.17) is 9.15 Å². The molecule has 0 N–H and O–H groups in total. The highest BCUT2D eigenvalue weighted by Gasteiger charge is 2.29. The Bertz CT molecular complexity index is 1240. The SMILES string of the molecule is COc1ccccc1Cc1cnc([C@@H]2CCCN(C(=O)c3nccc4ccccc34)C2)o1. The van der Waals surface area contributed by atoms with Gasteiger partial charge in [0.1, 0.15) is 17.2 Å². The third kappa shape index (κ3) is 3.96. The Morgan fingerprint density at radius 3 is 2.88 bits per heavy atom. The molecule has 1 fully saturated rings. The number of benzene rings is 2. The minimum atomic E-state index is -0.0349. The predicted octanol–water partition coefficient (Wildman–Crippen LogP) is 4.84. The summed E-state index contributed by atoms with van der Waals surface area (Å²) in [6.45, 7) is 1.30. The van der Waals surface area contributed by atoms with Crippen LogP contribution in [0.5, 0.6) is 5.75 Å². The first-order valence-electron chi connectivity index (χ1n) is 10.9. The number of carbonyl (C=O) groups is 1. The molecule has 0 spiro atoms. The number of hydrogen-bond acceptors (Lipinski definition) is 5. The van der Waals surface area contributed by atoms with Crippen LogP contribution in [0.1, 0.15) is 46.5 Å². The average Bonchev–Trinajstić information content (AvgIpc) is 3.32. The van der Waals surface area contributed by atoms with Crippen LogP contribution in [0.4, 0.5) is 0 Å². The molecule has 0 saturated carbocycles. The lowest BCUT2D eigenvalue weighted by atomic mass is 9.97. The summed E-state index contributed by atoms with van der Waals surface area (Å²) in [5.41, 5.74) is 1.56. The molecule has 0 bridgehead atoms. The zero-order chi connectivity index (χ0) is 21.9. The molecule has 3 heterocycles. The van der Waals surface area contributed by atoms with E-state index in [1.165, 1.54) is 0 Å². The highest BCUT2D eigenvalue weighted by molar-refractivity contribution is 6.05. The number of ether oxygens (including phenoxy) is 1. The van der Waals surface area contributed by atoms with Crippen LogP contribution >= 0.6 is 0 Å². The molecule has 1 aliphatic heterocycles. The van der Waals surface area contributed by atoms with Gasteiger partial charge in [-0.3, -0.25) is 9.78 Å². The number of pyridine rings is 1. The Morgan fingerprint density at radius 1 is 1.12 bits per heavy atom. The number of carbonyl (C=O) groups excluding carboxylic acids is 1. The normalized spacial score (nSPS) is 16.3. The molecule has 162 valence electrons. The molecule has 6 nitrogen and oxygen atoms in total. The van der Waals surface area contributed by atoms with E-state index >= 15 is 0 Å². The Kier molecular flexibility index (Phi) is 5.58. The first-order chi connectivity index (χ1) is 15.7. The fourth-order valence-electron chi connectivity index (χ4n) is 4.43. The van der Waals surface area contributed by atoms with E-state index in [1.807, 2.05) is 59.5 Å². The van der Waals surface area contributed by atoms with Gasteiger partial charge in [-0.05, 0) is 30.4 Å². The summed E-state index contributed by atoms with van der Waals surface area (Å²) in [4.78, 5) is 24.1. The molecule has 4 aromatic rings. The van der Waals surface area contributed by atoms with Gasteiger partial charge in [0.05, 0.1) is 19.2 Å². The summed E-state index contributed by atoms with van der Waals surface area (Å²) >= 11 is 0. The van der Waals surface area contributed by atoms with Crippen LogP contribution in [0, 0.1) is 0 Å². The van der Waals surface area contributed by atoms with Gasteiger partial charge in [-0.2, -0.15) is 0 Å². The fourth-order valence-corrected chi connectivity index (χ4v) is 4.43. The van der Waals surface area contributed by atoms with Crippen LogP contribution < -0.4 is 4.74 Å². The minimum absolute atomic E-state index is 0.0349. The molecule has 1 atom stereocenters. The summed E-state index contributed by atoms with van der Waals surface area (Å²) in [6, 6.07) is 17.7. The molecule has 6 heteroatoms. The number of para-hydroxylation sites is 1. The maximum absolute atomic E-state index is 13.3. The van der Waals surface area contributed by atoms with Crippen molar-refractivity contribution in [1.82, 2.24) is 14.9 Å². The van der Waals surface area contributed by atoms with E-state index in [0.717, 1.165) is 47.2 Å². The Hall–Kier alpha value is -3.67. The number of methoxy groups -OCH3 is 1. The number of rotatable bonds is 5. The van der Waals surface area contributed by atoms with Crippen LogP contribution in [-0.2, 0) is 6.42 Å². The van der Waals surface area contributed by atoms with Gasteiger partial charge >= 0.3 is 0 Å². The van der Waals surface area contributed by atoms with Crippen LogP contribution in [0.3, 0.4) is 0 Å². The summed E-state index contributed by atoms with van der Waals surface area (Å²) in [7, 11) is 1.67. The van der Waals surface area contributed by atoms with Gasteiger partial charge in [-0.1, -0.05) is 42.5 Å². The third-order valence-electron chi connectivity index (χ3n) is 6.06. The zero-order valence-electron chi connectivity index (χ0n) is 18.0. The second-order valence-corrected chi connectivity index (χ2v) is 8.12. The van der Waals surface area contributed by atoms with Crippen LogP contribution in [0.2, 0.25) is 0 Å². The number of aromatic nitrogens is 2. The molecule has 1 aliphatic rings. The standard InChI is InChI=1S/C26H25N3O3/c1-31-23-11-5-3-8-19(23)15-21-16-28-25(32-21)20-9-6-14-29(17-20)26(30)24-22-10-4-2-7-18(22)12-13-27-24/h2-5,7-8,10-13,16,20H,6,9,14-15,17H2,1H3/t20-/m1/s1. The van der Waals surface area contributed by atoms with Crippen molar-refractivity contribution in [3.8, 4) is 5.75 Å². The van der Waals surface area contributed by atoms with Crippen molar-refractivity contribution in [1.29, 1.82) is 0 Å². The molecule has 1 amide bonds. The first-order valence-corrected chi connectivity index (χ1v) is 10.9. The van der Waals surface area contributed by atoms with Crippen molar-refractivity contribution in [2.75, 3.05) is 20.2 Å². The van der Waals surface area contributed by atoms with E-state index in [0.29, 0.717) is 24.6 Å². The smallest absolute Gasteiger partial charge is 0.273 e. The first kappa shape index (κ1) is 20.2.